The normalized spacial score (nSPS) is 15.9. The van der Waals surface area contributed by atoms with Gasteiger partial charge in [0.05, 0.1) is 12.2 Å². The van der Waals surface area contributed by atoms with Crippen molar-refractivity contribution in [2.45, 2.75) is 12.4 Å². The van der Waals surface area contributed by atoms with Crippen molar-refractivity contribution in [3.63, 3.8) is 0 Å². The summed E-state index contributed by atoms with van der Waals surface area (Å²) in [7, 11) is 0. The van der Waals surface area contributed by atoms with E-state index in [9.17, 15) is 13.2 Å². The van der Waals surface area contributed by atoms with Crippen LogP contribution in [0.25, 0.3) is 11.3 Å². The number of rotatable bonds is 3. The smallest absolute Gasteiger partial charge is 0.406 e. The average Bonchev–Trinajstić information content (AvgIpc) is 2.75. The van der Waals surface area contributed by atoms with Gasteiger partial charge in [-0.25, -0.2) is 4.68 Å². The van der Waals surface area contributed by atoms with Crippen LogP contribution >= 0.6 is 0 Å². The van der Waals surface area contributed by atoms with Crippen molar-refractivity contribution in [1.29, 1.82) is 0 Å². The molecule has 8 heteroatoms. The fourth-order valence-electron chi connectivity index (χ4n) is 1.88. The molecule has 1 saturated heterocycles. The number of halogens is 3. The van der Waals surface area contributed by atoms with Crippen LogP contribution < -0.4 is 10.1 Å². The Kier molecular flexibility index (Phi) is 3.09. The minimum absolute atomic E-state index is 0.253. The molecule has 0 amide bonds. The summed E-state index contributed by atoms with van der Waals surface area (Å²) in [6.07, 6.45) is -2.90. The van der Waals surface area contributed by atoms with Gasteiger partial charge >= 0.3 is 6.36 Å². The molecule has 0 atom stereocenters. The fraction of sp³-hybridized carbons (Fsp3) is 0.333. The van der Waals surface area contributed by atoms with E-state index in [4.69, 9.17) is 0 Å². The van der Waals surface area contributed by atoms with E-state index < -0.39 is 6.36 Å². The van der Waals surface area contributed by atoms with Crippen LogP contribution in [0, 0.1) is 0 Å². The summed E-state index contributed by atoms with van der Waals surface area (Å²) in [5.74, 6) is -0.253. The molecule has 106 valence electrons. The Morgan fingerprint density at radius 3 is 2.45 bits per heavy atom. The SMILES string of the molecule is FC(F)(F)Oc1ccc(-c2cn(C3CNC3)nn2)cc1. The van der Waals surface area contributed by atoms with Gasteiger partial charge < -0.3 is 10.1 Å². The third-order valence-corrected chi connectivity index (χ3v) is 3.03. The first-order valence-corrected chi connectivity index (χ1v) is 6.00. The first-order valence-electron chi connectivity index (χ1n) is 6.00. The Balaban J connectivity index is 1.75. The number of nitrogens with one attached hydrogen (secondary N) is 1. The Hall–Kier alpha value is -2.09. The number of ether oxygens (including phenoxy) is 1. The largest absolute Gasteiger partial charge is 0.573 e. The summed E-state index contributed by atoms with van der Waals surface area (Å²) < 4.78 is 41.7. The van der Waals surface area contributed by atoms with Gasteiger partial charge in [-0.3, -0.25) is 0 Å². The molecule has 0 radical (unpaired) electrons. The predicted molar refractivity (Wildman–Crippen MR) is 64.0 cm³/mol. The van der Waals surface area contributed by atoms with E-state index in [1.807, 2.05) is 0 Å². The van der Waals surface area contributed by atoms with Gasteiger partial charge in [-0.05, 0) is 24.3 Å². The summed E-state index contributed by atoms with van der Waals surface area (Å²) in [5, 5.41) is 11.2. The number of aromatic nitrogens is 3. The Bertz CT molecular complexity index is 589. The van der Waals surface area contributed by atoms with Gasteiger partial charge in [0.15, 0.2) is 0 Å². The van der Waals surface area contributed by atoms with E-state index in [2.05, 4.69) is 20.4 Å². The van der Waals surface area contributed by atoms with E-state index in [1.54, 1.807) is 10.9 Å². The average molecular weight is 284 g/mol. The molecule has 20 heavy (non-hydrogen) atoms. The van der Waals surface area contributed by atoms with Crippen molar-refractivity contribution in [1.82, 2.24) is 20.3 Å². The Morgan fingerprint density at radius 1 is 1.20 bits per heavy atom. The molecule has 1 aromatic carbocycles. The lowest BCUT2D eigenvalue weighted by atomic mass is 10.1. The van der Waals surface area contributed by atoms with Crippen molar-refractivity contribution < 1.29 is 17.9 Å². The number of nitrogens with zero attached hydrogens (tertiary/aromatic N) is 3. The molecule has 0 aliphatic carbocycles. The van der Waals surface area contributed by atoms with Crippen molar-refractivity contribution in [3.8, 4) is 17.0 Å². The quantitative estimate of drug-likeness (QED) is 0.936. The van der Waals surface area contributed by atoms with Crippen molar-refractivity contribution >= 4 is 0 Å². The molecule has 0 saturated carbocycles. The second-order valence-corrected chi connectivity index (χ2v) is 4.47. The minimum Gasteiger partial charge on any atom is -0.406 e. The van der Waals surface area contributed by atoms with Crippen molar-refractivity contribution in [2.24, 2.45) is 0 Å². The van der Waals surface area contributed by atoms with Crippen LogP contribution in [0.4, 0.5) is 13.2 Å². The van der Waals surface area contributed by atoms with E-state index >= 15 is 0 Å². The van der Waals surface area contributed by atoms with Crippen LogP contribution in [0.1, 0.15) is 6.04 Å². The molecule has 2 aromatic rings. The summed E-state index contributed by atoms with van der Waals surface area (Å²) >= 11 is 0. The molecule has 1 N–H and O–H groups in total. The molecule has 0 spiro atoms. The van der Waals surface area contributed by atoms with Gasteiger partial charge in [-0.2, -0.15) is 0 Å². The van der Waals surface area contributed by atoms with Crippen LogP contribution in [0.15, 0.2) is 30.5 Å². The third kappa shape index (κ3) is 2.74. The lowest BCUT2D eigenvalue weighted by molar-refractivity contribution is -0.274. The highest BCUT2D eigenvalue weighted by Crippen LogP contribution is 2.26. The summed E-state index contributed by atoms with van der Waals surface area (Å²) in [6, 6.07) is 5.85. The monoisotopic (exact) mass is 284 g/mol. The van der Waals surface area contributed by atoms with Crippen molar-refractivity contribution in [2.75, 3.05) is 13.1 Å². The van der Waals surface area contributed by atoms with Crippen LogP contribution in [0.3, 0.4) is 0 Å². The molecule has 3 rings (SSSR count). The van der Waals surface area contributed by atoms with Crippen LogP contribution in [-0.2, 0) is 0 Å². The predicted octanol–water partition coefficient (Wildman–Crippen LogP) is 1.99. The lowest BCUT2D eigenvalue weighted by Gasteiger charge is -2.26. The van der Waals surface area contributed by atoms with Gasteiger partial charge in [0, 0.05) is 18.7 Å². The van der Waals surface area contributed by atoms with Crippen LogP contribution in [0.2, 0.25) is 0 Å². The molecule has 1 aliphatic heterocycles. The standard InChI is InChI=1S/C12H11F3N4O/c13-12(14,15)20-10-3-1-8(2-4-10)11-7-19(18-17-11)9-5-16-6-9/h1-4,7,9,16H,5-6H2. The molecule has 1 fully saturated rings. The topological polar surface area (TPSA) is 52.0 Å². The third-order valence-electron chi connectivity index (χ3n) is 3.03. The summed E-state index contributed by atoms with van der Waals surface area (Å²) in [6.45, 7) is 1.70. The van der Waals surface area contributed by atoms with Gasteiger partial charge in [0.25, 0.3) is 0 Å². The first-order chi connectivity index (χ1) is 9.51. The van der Waals surface area contributed by atoms with Gasteiger partial charge in [-0.1, -0.05) is 5.21 Å². The molecule has 5 nitrogen and oxygen atoms in total. The highest BCUT2D eigenvalue weighted by molar-refractivity contribution is 5.58. The zero-order valence-electron chi connectivity index (χ0n) is 10.3. The Labute approximate surface area is 112 Å². The zero-order chi connectivity index (χ0) is 14.2. The molecule has 0 unspecified atom stereocenters. The van der Waals surface area contributed by atoms with Crippen LogP contribution in [0.5, 0.6) is 5.75 Å². The zero-order valence-corrected chi connectivity index (χ0v) is 10.3. The summed E-state index contributed by atoms with van der Waals surface area (Å²) in [4.78, 5) is 0. The van der Waals surface area contributed by atoms with Gasteiger partial charge in [0.2, 0.25) is 0 Å². The number of alkyl halides is 3. The second-order valence-electron chi connectivity index (χ2n) is 4.47. The number of benzene rings is 1. The second kappa shape index (κ2) is 4.78. The number of hydrogen-bond donors (Lipinski definition) is 1. The Morgan fingerprint density at radius 2 is 1.90 bits per heavy atom. The van der Waals surface area contributed by atoms with E-state index in [-0.39, 0.29) is 5.75 Å². The summed E-state index contributed by atoms with van der Waals surface area (Å²) in [5.41, 5.74) is 1.31. The fourth-order valence-corrected chi connectivity index (χ4v) is 1.88. The molecular formula is C12H11F3N4O. The molecule has 2 heterocycles. The first kappa shape index (κ1) is 12.9. The van der Waals surface area contributed by atoms with Crippen LogP contribution in [-0.4, -0.2) is 34.4 Å². The van der Waals surface area contributed by atoms with E-state index in [0.717, 1.165) is 13.1 Å². The minimum atomic E-state index is -4.68. The highest BCUT2D eigenvalue weighted by atomic mass is 19.4. The maximum Gasteiger partial charge on any atom is 0.573 e. The lowest BCUT2D eigenvalue weighted by Crippen LogP contribution is -2.43. The maximum atomic E-state index is 12.0. The molecule has 1 aliphatic rings. The van der Waals surface area contributed by atoms with Gasteiger partial charge in [0.1, 0.15) is 11.4 Å². The molecule has 1 aromatic heterocycles. The van der Waals surface area contributed by atoms with Crippen molar-refractivity contribution in [3.05, 3.63) is 30.5 Å². The maximum absolute atomic E-state index is 12.0. The van der Waals surface area contributed by atoms with Gasteiger partial charge in [-0.15, -0.1) is 18.3 Å². The number of hydrogen-bond acceptors (Lipinski definition) is 4. The molecule has 0 bridgehead atoms. The van der Waals surface area contributed by atoms with E-state index in [0.29, 0.717) is 17.3 Å². The molecular weight excluding hydrogens is 273 g/mol. The van der Waals surface area contributed by atoms with E-state index in [1.165, 1.54) is 24.3 Å². The highest BCUT2D eigenvalue weighted by Gasteiger charge is 2.31.